The summed E-state index contributed by atoms with van der Waals surface area (Å²) < 4.78 is 33.9. The van der Waals surface area contributed by atoms with Gasteiger partial charge in [-0.3, -0.25) is 14.2 Å². The van der Waals surface area contributed by atoms with E-state index in [1.807, 2.05) is 27.2 Å². The zero-order valence-corrected chi connectivity index (χ0v) is 40.3. The lowest BCUT2D eigenvalue weighted by Gasteiger charge is -2.28. The van der Waals surface area contributed by atoms with Gasteiger partial charge in [0.2, 0.25) is 0 Å². The molecule has 350 valence electrons. The normalized spacial score (nSPS) is 13.9. The molecule has 0 rings (SSSR count). The zero-order chi connectivity index (χ0) is 44.3. The lowest BCUT2D eigenvalue weighted by atomic mass is 10.1. The fourth-order valence-electron chi connectivity index (χ4n) is 6.49. The number of unbranched alkanes of at least 4 members (excludes halogenated alkanes) is 22. The molecule has 9 nitrogen and oxygen atoms in total. The van der Waals surface area contributed by atoms with E-state index in [1.165, 1.54) is 128 Å². The Kier molecular flexibility index (Phi) is 40.8. The minimum Gasteiger partial charge on any atom is -0.756 e. The molecular formula is C50H92NO8P. The van der Waals surface area contributed by atoms with E-state index >= 15 is 0 Å². The van der Waals surface area contributed by atoms with Crippen LogP contribution in [0.3, 0.4) is 0 Å². The fraction of sp³-hybridized carbons (Fsp3) is 0.800. The van der Waals surface area contributed by atoms with Crippen LogP contribution in [0, 0.1) is 0 Å². The van der Waals surface area contributed by atoms with Gasteiger partial charge in [0.15, 0.2) is 6.10 Å². The molecule has 0 radical (unpaired) electrons. The minimum atomic E-state index is -4.64. The molecule has 0 saturated heterocycles. The number of rotatable bonds is 44. The summed E-state index contributed by atoms with van der Waals surface area (Å²) in [6, 6.07) is 0. The zero-order valence-electron chi connectivity index (χ0n) is 39.4. The number of carbonyl (C=O) groups excluding carboxylic acids is 2. The number of likely N-dealkylation sites (N-methyl/N-ethyl adjacent to an activating group) is 1. The summed E-state index contributed by atoms with van der Waals surface area (Å²) in [5, 5.41) is 0. The Morgan fingerprint density at radius 2 is 0.917 bits per heavy atom. The van der Waals surface area contributed by atoms with Crippen molar-refractivity contribution in [1.82, 2.24) is 0 Å². The van der Waals surface area contributed by atoms with Crippen LogP contribution in [0.4, 0.5) is 0 Å². The van der Waals surface area contributed by atoms with Gasteiger partial charge >= 0.3 is 11.9 Å². The van der Waals surface area contributed by atoms with Gasteiger partial charge in [-0.1, -0.05) is 172 Å². The molecule has 10 heteroatoms. The second-order valence-corrected chi connectivity index (χ2v) is 18.9. The number of quaternary nitrogens is 1. The summed E-state index contributed by atoms with van der Waals surface area (Å²) in [4.78, 5) is 37.6. The summed E-state index contributed by atoms with van der Waals surface area (Å²) in [6.45, 7) is 4.17. The molecule has 0 aliphatic rings. The van der Waals surface area contributed by atoms with Crippen molar-refractivity contribution in [2.24, 2.45) is 0 Å². The molecule has 1 unspecified atom stereocenters. The minimum absolute atomic E-state index is 0.0410. The third kappa shape index (κ3) is 45.5. The number of phosphoric acid groups is 1. The van der Waals surface area contributed by atoms with Crippen LogP contribution in [0.5, 0.6) is 0 Å². The van der Waals surface area contributed by atoms with E-state index in [9.17, 15) is 19.0 Å². The van der Waals surface area contributed by atoms with Crippen LogP contribution in [-0.2, 0) is 32.7 Å². The Bertz CT molecular complexity index is 1160. The van der Waals surface area contributed by atoms with E-state index in [4.69, 9.17) is 18.5 Å². The molecule has 0 spiro atoms. The van der Waals surface area contributed by atoms with Gasteiger partial charge in [-0.05, 0) is 70.6 Å². The van der Waals surface area contributed by atoms with Crippen molar-refractivity contribution in [2.45, 2.75) is 213 Å². The predicted molar refractivity (Wildman–Crippen MR) is 250 cm³/mol. The number of ether oxygens (including phenoxy) is 2. The summed E-state index contributed by atoms with van der Waals surface area (Å²) >= 11 is 0. The molecule has 0 heterocycles. The molecular weight excluding hydrogens is 774 g/mol. The highest BCUT2D eigenvalue weighted by Crippen LogP contribution is 2.38. The van der Waals surface area contributed by atoms with E-state index in [-0.39, 0.29) is 26.1 Å². The fourth-order valence-corrected chi connectivity index (χ4v) is 7.22. The molecule has 0 saturated carbocycles. The van der Waals surface area contributed by atoms with Gasteiger partial charge in [-0.2, -0.15) is 0 Å². The summed E-state index contributed by atoms with van der Waals surface area (Å²) in [7, 11) is 1.13. The molecule has 0 aliphatic carbocycles. The van der Waals surface area contributed by atoms with Crippen molar-refractivity contribution in [2.75, 3.05) is 47.5 Å². The van der Waals surface area contributed by atoms with E-state index in [0.717, 1.165) is 38.5 Å². The van der Waals surface area contributed by atoms with Gasteiger partial charge in [-0.25, -0.2) is 0 Å². The van der Waals surface area contributed by atoms with Gasteiger partial charge in [0, 0.05) is 12.8 Å². The highest BCUT2D eigenvalue weighted by Gasteiger charge is 2.21. The summed E-state index contributed by atoms with van der Waals surface area (Å²) in [5.74, 6) is -0.895. The molecule has 2 atom stereocenters. The molecule has 0 aromatic rings. The first kappa shape index (κ1) is 58.0. The molecule has 0 bridgehead atoms. The summed E-state index contributed by atoms with van der Waals surface area (Å²) in [6.07, 6.45) is 50.0. The Hall–Kier alpha value is -2.03. The van der Waals surface area contributed by atoms with Crippen molar-refractivity contribution in [3.63, 3.8) is 0 Å². The number of nitrogens with zero attached hydrogens (tertiary/aromatic N) is 1. The van der Waals surface area contributed by atoms with Crippen molar-refractivity contribution < 1.29 is 42.1 Å². The van der Waals surface area contributed by atoms with Crippen LogP contribution in [0.1, 0.15) is 206 Å². The van der Waals surface area contributed by atoms with E-state index < -0.39 is 32.5 Å². The Balaban J connectivity index is 4.36. The molecule has 0 fully saturated rings. The number of hydrogen-bond donors (Lipinski definition) is 0. The molecule has 0 aliphatic heterocycles. The quantitative estimate of drug-likeness (QED) is 0.0196. The van der Waals surface area contributed by atoms with Gasteiger partial charge in [0.05, 0.1) is 27.7 Å². The van der Waals surface area contributed by atoms with E-state index in [2.05, 4.69) is 56.4 Å². The largest absolute Gasteiger partial charge is 0.756 e. The van der Waals surface area contributed by atoms with Crippen LogP contribution in [0.25, 0.3) is 0 Å². The molecule has 0 aromatic heterocycles. The van der Waals surface area contributed by atoms with Gasteiger partial charge < -0.3 is 27.9 Å². The first-order valence-corrected chi connectivity index (χ1v) is 25.8. The maximum absolute atomic E-state index is 12.7. The van der Waals surface area contributed by atoms with Crippen molar-refractivity contribution in [3.8, 4) is 0 Å². The third-order valence-corrected chi connectivity index (χ3v) is 11.3. The molecule has 0 N–H and O–H groups in total. The van der Waals surface area contributed by atoms with Gasteiger partial charge in [-0.15, -0.1) is 0 Å². The SMILES string of the molecule is CCCCCCCC/C=C/C/C=C/C/C=C/CCCC(=O)O[C@H](COC(=O)CCCCCCCCCCC/C=C/CCCCCCCC)COP(=O)([O-])OCC[N+](C)(C)C. The highest BCUT2D eigenvalue weighted by atomic mass is 31.2. The standard InChI is InChI=1S/C50H92NO8P/c1-6-8-10-12-14-16-18-20-22-24-25-27-28-30-32-34-36-38-40-42-49(52)56-46-48(47-58-60(54,55)57-45-44-51(3,4)5)59-50(53)43-41-39-37-35-33-31-29-26-23-21-19-17-15-13-11-9-7-2/h20-23,29,31,35,37,48H,6-19,24-28,30,32-34,36,38-47H2,1-5H3/b22-20+,23-21+,31-29+,37-35+/t48-/m1/s1. The van der Waals surface area contributed by atoms with E-state index in [0.29, 0.717) is 23.9 Å². The van der Waals surface area contributed by atoms with Crippen LogP contribution in [0.15, 0.2) is 48.6 Å². The highest BCUT2D eigenvalue weighted by molar-refractivity contribution is 7.45. The second kappa shape index (κ2) is 42.3. The number of allylic oxidation sites excluding steroid dienone is 8. The van der Waals surface area contributed by atoms with Gasteiger partial charge in [0.25, 0.3) is 7.82 Å². The van der Waals surface area contributed by atoms with Crippen LogP contribution in [0.2, 0.25) is 0 Å². The third-order valence-electron chi connectivity index (χ3n) is 10.3. The van der Waals surface area contributed by atoms with E-state index in [1.54, 1.807) is 0 Å². The van der Waals surface area contributed by atoms with Crippen molar-refractivity contribution >= 4 is 19.8 Å². The van der Waals surface area contributed by atoms with Crippen LogP contribution in [-0.4, -0.2) is 70.0 Å². The first-order chi connectivity index (χ1) is 29.0. The maximum Gasteiger partial charge on any atom is 0.306 e. The monoisotopic (exact) mass is 866 g/mol. The predicted octanol–water partition coefficient (Wildman–Crippen LogP) is 13.6. The maximum atomic E-state index is 12.7. The average molecular weight is 866 g/mol. The second-order valence-electron chi connectivity index (χ2n) is 17.5. The molecule has 0 amide bonds. The average Bonchev–Trinajstić information content (AvgIpc) is 3.20. The van der Waals surface area contributed by atoms with Crippen LogP contribution >= 0.6 is 7.82 Å². The van der Waals surface area contributed by atoms with Crippen molar-refractivity contribution in [3.05, 3.63) is 48.6 Å². The Morgan fingerprint density at radius 1 is 0.517 bits per heavy atom. The number of carbonyl (C=O) groups is 2. The van der Waals surface area contributed by atoms with Crippen LogP contribution < -0.4 is 4.89 Å². The number of esters is 2. The Morgan fingerprint density at radius 3 is 1.40 bits per heavy atom. The number of phosphoric ester groups is 1. The number of hydrogen-bond acceptors (Lipinski definition) is 8. The summed E-state index contributed by atoms with van der Waals surface area (Å²) in [5.41, 5.74) is 0. The van der Waals surface area contributed by atoms with Gasteiger partial charge in [0.1, 0.15) is 19.8 Å². The molecule has 60 heavy (non-hydrogen) atoms. The topological polar surface area (TPSA) is 111 Å². The lowest BCUT2D eigenvalue weighted by molar-refractivity contribution is -0.870. The first-order valence-electron chi connectivity index (χ1n) is 24.3. The lowest BCUT2D eigenvalue weighted by Crippen LogP contribution is -2.37. The molecule has 0 aromatic carbocycles. The smallest absolute Gasteiger partial charge is 0.306 e. The van der Waals surface area contributed by atoms with Crippen molar-refractivity contribution in [1.29, 1.82) is 0 Å². The Labute approximate surface area is 369 Å².